The van der Waals surface area contributed by atoms with Crippen LogP contribution in [-0.2, 0) is 0 Å². The second kappa shape index (κ2) is 8.02. The van der Waals surface area contributed by atoms with E-state index in [-0.39, 0.29) is 0 Å². The Labute approximate surface area is 70.8 Å². The average molecular weight is 158 g/mol. The lowest BCUT2D eigenvalue weighted by molar-refractivity contribution is 0.520. The molecule has 0 atom stereocenters. The van der Waals surface area contributed by atoms with E-state index in [9.17, 15) is 0 Å². The molecular weight excluding hydrogens is 136 g/mol. The van der Waals surface area contributed by atoms with E-state index in [1.54, 1.807) is 0 Å². The van der Waals surface area contributed by atoms with Crippen molar-refractivity contribution in [2.45, 2.75) is 39.2 Å². The van der Waals surface area contributed by atoms with Crippen molar-refractivity contribution in [3.8, 4) is 0 Å². The van der Waals surface area contributed by atoms with Crippen LogP contribution < -0.4 is 10.6 Å². The molecule has 2 N–H and O–H groups in total. The third-order valence-corrected chi connectivity index (χ3v) is 1.78. The zero-order valence-corrected chi connectivity index (χ0v) is 8.11. The summed E-state index contributed by atoms with van der Waals surface area (Å²) in [5.41, 5.74) is 0. The highest BCUT2D eigenvalue weighted by atomic mass is 14.9. The maximum absolute atomic E-state index is 3.28. The average Bonchev–Trinajstić information content (AvgIpc) is 2.09. The quantitative estimate of drug-likeness (QED) is 0.602. The minimum Gasteiger partial charge on any atom is -0.318 e. The lowest BCUT2D eigenvalue weighted by atomic mass is 10.2. The van der Waals surface area contributed by atoms with Crippen molar-refractivity contribution in [3.63, 3.8) is 0 Å². The van der Waals surface area contributed by atoms with Gasteiger partial charge in [-0.1, -0.05) is 20.3 Å². The molecule has 1 aliphatic rings. The number of rotatable bonds is 1. The molecule has 0 aromatic carbocycles. The van der Waals surface area contributed by atoms with Crippen LogP contribution >= 0.6 is 0 Å². The molecule has 68 valence electrons. The van der Waals surface area contributed by atoms with Crippen LogP contribution in [0.25, 0.3) is 0 Å². The minimum absolute atomic E-state index is 0.634. The van der Waals surface area contributed by atoms with Crippen molar-refractivity contribution in [1.82, 2.24) is 10.6 Å². The van der Waals surface area contributed by atoms with Crippen LogP contribution in [0.3, 0.4) is 0 Å². The Hall–Kier alpha value is -0.0800. The predicted molar refractivity (Wildman–Crippen MR) is 50.9 cm³/mol. The van der Waals surface area contributed by atoms with Crippen LogP contribution in [0, 0.1) is 0 Å². The van der Waals surface area contributed by atoms with Crippen LogP contribution in [0.1, 0.15) is 33.1 Å². The summed E-state index contributed by atoms with van der Waals surface area (Å²) in [4.78, 5) is 0. The summed E-state index contributed by atoms with van der Waals surface area (Å²) in [6.07, 6.45) is 4.22. The largest absolute Gasteiger partial charge is 0.318 e. The molecule has 1 heterocycles. The van der Waals surface area contributed by atoms with E-state index >= 15 is 0 Å². The molecule has 0 amide bonds. The van der Waals surface area contributed by atoms with Crippen LogP contribution in [0.15, 0.2) is 0 Å². The molecule has 1 saturated heterocycles. The normalized spacial score (nSPS) is 17.5. The molecular formula is C9H22N2. The molecule has 0 unspecified atom stereocenters. The first kappa shape index (κ1) is 10.9. The van der Waals surface area contributed by atoms with Gasteiger partial charge in [0.2, 0.25) is 0 Å². The summed E-state index contributed by atoms with van der Waals surface area (Å²) in [6, 6.07) is 0.634. The van der Waals surface area contributed by atoms with E-state index < -0.39 is 0 Å². The first-order valence-corrected chi connectivity index (χ1v) is 4.65. The molecule has 1 fully saturated rings. The Morgan fingerprint density at radius 1 is 1.09 bits per heavy atom. The van der Waals surface area contributed by atoms with Gasteiger partial charge in [-0.15, -0.1) is 0 Å². The summed E-state index contributed by atoms with van der Waals surface area (Å²) in [5.74, 6) is 0. The van der Waals surface area contributed by atoms with Gasteiger partial charge in [0, 0.05) is 6.04 Å². The molecule has 0 aromatic heterocycles. The van der Waals surface area contributed by atoms with Crippen LogP contribution in [0.5, 0.6) is 0 Å². The number of hydrogen-bond donors (Lipinski definition) is 2. The molecule has 0 radical (unpaired) electrons. The fourth-order valence-electron chi connectivity index (χ4n) is 0.802. The van der Waals surface area contributed by atoms with Gasteiger partial charge in [-0.25, -0.2) is 0 Å². The van der Waals surface area contributed by atoms with Crippen molar-refractivity contribution in [1.29, 1.82) is 0 Å². The maximum atomic E-state index is 3.28. The highest BCUT2D eigenvalue weighted by molar-refractivity contribution is 4.55. The second-order valence-corrected chi connectivity index (χ2v) is 3.25. The molecule has 1 aliphatic heterocycles. The van der Waals surface area contributed by atoms with E-state index in [2.05, 4.69) is 24.5 Å². The van der Waals surface area contributed by atoms with Gasteiger partial charge in [0.05, 0.1) is 0 Å². The highest BCUT2D eigenvalue weighted by Crippen LogP contribution is 1.96. The second-order valence-electron chi connectivity index (χ2n) is 3.25. The summed E-state index contributed by atoms with van der Waals surface area (Å²) in [5, 5.41) is 6.31. The summed E-state index contributed by atoms with van der Waals surface area (Å²) < 4.78 is 0. The number of piperidine rings is 1. The van der Waals surface area contributed by atoms with E-state index in [1.807, 2.05) is 7.05 Å². The van der Waals surface area contributed by atoms with Crippen molar-refractivity contribution in [3.05, 3.63) is 0 Å². The molecule has 0 spiro atoms. The summed E-state index contributed by atoms with van der Waals surface area (Å²) in [7, 11) is 1.95. The molecule has 2 nitrogen and oxygen atoms in total. The van der Waals surface area contributed by atoms with Gasteiger partial charge in [0.1, 0.15) is 0 Å². The monoisotopic (exact) mass is 158 g/mol. The zero-order valence-electron chi connectivity index (χ0n) is 8.11. The Bertz CT molecular complexity index is 56.5. The fourth-order valence-corrected chi connectivity index (χ4v) is 0.802. The molecule has 0 aliphatic carbocycles. The third kappa shape index (κ3) is 9.92. The summed E-state index contributed by atoms with van der Waals surface area (Å²) in [6.45, 7) is 6.72. The Morgan fingerprint density at radius 3 is 1.64 bits per heavy atom. The lowest BCUT2D eigenvalue weighted by Gasteiger charge is -2.08. The smallest absolute Gasteiger partial charge is 0.000733 e. The van der Waals surface area contributed by atoms with Gasteiger partial charge < -0.3 is 10.6 Å². The van der Waals surface area contributed by atoms with Crippen molar-refractivity contribution >= 4 is 0 Å². The predicted octanol–water partition coefficient (Wildman–Crippen LogP) is 1.37. The molecule has 1 rings (SSSR count). The standard InChI is InChI=1S/C5H11N.C4H11N/c1-2-4-6-5-3-1;1-4(2)5-3/h6H,1-5H2;4-5H,1-3H3. The topological polar surface area (TPSA) is 24.1 Å². The molecule has 2 heteroatoms. The number of hydrogen-bond acceptors (Lipinski definition) is 2. The highest BCUT2D eigenvalue weighted by Gasteiger charge is 1.93. The third-order valence-electron chi connectivity index (χ3n) is 1.78. The maximum Gasteiger partial charge on any atom is 0.000733 e. The molecule has 0 bridgehead atoms. The van der Waals surface area contributed by atoms with E-state index in [1.165, 1.54) is 32.4 Å². The van der Waals surface area contributed by atoms with Crippen LogP contribution in [0.4, 0.5) is 0 Å². The molecule has 0 aromatic rings. The van der Waals surface area contributed by atoms with Crippen molar-refractivity contribution in [2.24, 2.45) is 0 Å². The van der Waals surface area contributed by atoms with Crippen molar-refractivity contribution in [2.75, 3.05) is 20.1 Å². The minimum atomic E-state index is 0.634. The van der Waals surface area contributed by atoms with Crippen LogP contribution in [0.2, 0.25) is 0 Å². The fraction of sp³-hybridized carbons (Fsp3) is 1.00. The van der Waals surface area contributed by atoms with Crippen LogP contribution in [-0.4, -0.2) is 26.2 Å². The number of nitrogens with one attached hydrogen (secondary N) is 2. The van der Waals surface area contributed by atoms with E-state index in [0.717, 1.165) is 0 Å². The van der Waals surface area contributed by atoms with Crippen molar-refractivity contribution < 1.29 is 0 Å². The SMILES string of the molecule is C1CCNCC1.CNC(C)C. The summed E-state index contributed by atoms with van der Waals surface area (Å²) >= 11 is 0. The van der Waals surface area contributed by atoms with Gasteiger partial charge in [-0.2, -0.15) is 0 Å². The Kier molecular flexibility index (Phi) is 7.96. The van der Waals surface area contributed by atoms with E-state index in [0.29, 0.717) is 6.04 Å². The Morgan fingerprint density at radius 2 is 1.55 bits per heavy atom. The first-order valence-electron chi connectivity index (χ1n) is 4.65. The Balaban J connectivity index is 0.000000187. The van der Waals surface area contributed by atoms with Gasteiger partial charge in [-0.3, -0.25) is 0 Å². The van der Waals surface area contributed by atoms with Gasteiger partial charge in [0.25, 0.3) is 0 Å². The van der Waals surface area contributed by atoms with Gasteiger partial charge >= 0.3 is 0 Å². The lowest BCUT2D eigenvalue weighted by Crippen LogP contribution is -2.21. The van der Waals surface area contributed by atoms with Gasteiger partial charge in [-0.05, 0) is 33.0 Å². The van der Waals surface area contributed by atoms with E-state index in [4.69, 9.17) is 0 Å². The molecule has 11 heavy (non-hydrogen) atoms. The molecule has 0 saturated carbocycles. The first-order chi connectivity index (χ1) is 5.27. The van der Waals surface area contributed by atoms with Gasteiger partial charge in [0.15, 0.2) is 0 Å². The zero-order chi connectivity index (χ0) is 8.53.